The molecule has 3 nitrogen and oxygen atoms in total. The first-order valence-electron chi connectivity index (χ1n) is 6.55. The summed E-state index contributed by atoms with van der Waals surface area (Å²) >= 11 is 1.60. The lowest BCUT2D eigenvalue weighted by Crippen LogP contribution is -1.81. The standard InChI is InChI=1S/C17H14N2OS/c1-20-14-9-10-15-16(12-14)19-17(18-15)21-11-5-8-13-6-3-2-4-7-13/h2-4,6-7,9-10,12H,11H2,1H3,(H,18,19). The predicted molar refractivity (Wildman–Crippen MR) is 86.7 cm³/mol. The Hall–Kier alpha value is -2.38. The minimum absolute atomic E-state index is 0.700. The summed E-state index contributed by atoms with van der Waals surface area (Å²) < 4.78 is 5.20. The highest BCUT2D eigenvalue weighted by atomic mass is 32.2. The Bertz CT molecular complexity index is 800. The summed E-state index contributed by atoms with van der Waals surface area (Å²) in [7, 11) is 1.66. The largest absolute Gasteiger partial charge is 0.497 e. The van der Waals surface area contributed by atoms with Crippen LogP contribution in [0.3, 0.4) is 0 Å². The van der Waals surface area contributed by atoms with Crippen LogP contribution in [-0.4, -0.2) is 22.8 Å². The van der Waals surface area contributed by atoms with Crippen LogP contribution in [0.25, 0.3) is 11.0 Å². The van der Waals surface area contributed by atoms with Gasteiger partial charge in [-0.2, -0.15) is 0 Å². The van der Waals surface area contributed by atoms with E-state index < -0.39 is 0 Å². The molecule has 3 rings (SSSR count). The van der Waals surface area contributed by atoms with Crippen molar-refractivity contribution in [2.75, 3.05) is 12.9 Å². The van der Waals surface area contributed by atoms with Gasteiger partial charge in [0, 0.05) is 11.6 Å². The summed E-state index contributed by atoms with van der Waals surface area (Å²) in [4.78, 5) is 7.79. The Morgan fingerprint density at radius 3 is 2.86 bits per heavy atom. The molecular weight excluding hydrogens is 280 g/mol. The van der Waals surface area contributed by atoms with Crippen LogP contribution in [-0.2, 0) is 0 Å². The first kappa shape index (κ1) is 13.6. The van der Waals surface area contributed by atoms with E-state index in [0.717, 1.165) is 27.5 Å². The van der Waals surface area contributed by atoms with Crippen LogP contribution < -0.4 is 4.74 Å². The number of ether oxygens (including phenoxy) is 1. The van der Waals surface area contributed by atoms with E-state index >= 15 is 0 Å². The number of nitrogens with zero attached hydrogens (tertiary/aromatic N) is 1. The molecule has 0 spiro atoms. The predicted octanol–water partition coefficient (Wildman–Crippen LogP) is 3.72. The average molecular weight is 294 g/mol. The van der Waals surface area contributed by atoms with E-state index in [9.17, 15) is 0 Å². The molecule has 1 aromatic heterocycles. The molecule has 0 atom stereocenters. The topological polar surface area (TPSA) is 37.9 Å². The number of aromatic amines is 1. The van der Waals surface area contributed by atoms with Gasteiger partial charge in [0.1, 0.15) is 5.75 Å². The number of hydrogen-bond donors (Lipinski definition) is 1. The second kappa shape index (κ2) is 6.38. The van der Waals surface area contributed by atoms with E-state index in [1.54, 1.807) is 18.9 Å². The molecule has 2 aromatic carbocycles. The number of hydrogen-bond acceptors (Lipinski definition) is 3. The van der Waals surface area contributed by atoms with Crippen molar-refractivity contribution in [2.45, 2.75) is 5.16 Å². The maximum atomic E-state index is 5.20. The number of imidazole rings is 1. The van der Waals surface area contributed by atoms with E-state index in [1.165, 1.54) is 0 Å². The number of aromatic nitrogens is 2. The molecule has 0 saturated heterocycles. The van der Waals surface area contributed by atoms with Crippen molar-refractivity contribution in [1.29, 1.82) is 0 Å². The van der Waals surface area contributed by atoms with Crippen molar-refractivity contribution < 1.29 is 4.74 Å². The first-order valence-corrected chi connectivity index (χ1v) is 7.54. The number of methoxy groups -OCH3 is 1. The molecule has 1 N–H and O–H groups in total. The van der Waals surface area contributed by atoms with Gasteiger partial charge < -0.3 is 9.72 Å². The van der Waals surface area contributed by atoms with Gasteiger partial charge in [0.15, 0.2) is 5.16 Å². The molecule has 0 aliphatic heterocycles. The molecule has 0 bridgehead atoms. The van der Waals surface area contributed by atoms with Crippen LogP contribution in [0, 0.1) is 11.8 Å². The number of fused-ring (bicyclic) bond motifs is 1. The second-order valence-corrected chi connectivity index (χ2v) is 5.35. The number of thioether (sulfide) groups is 1. The molecule has 0 fully saturated rings. The molecule has 4 heteroatoms. The van der Waals surface area contributed by atoms with Gasteiger partial charge in [0.2, 0.25) is 0 Å². The quantitative estimate of drug-likeness (QED) is 0.591. The van der Waals surface area contributed by atoms with Gasteiger partial charge in [-0.15, -0.1) is 0 Å². The van der Waals surface area contributed by atoms with E-state index in [2.05, 4.69) is 21.8 Å². The normalized spacial score (nSPS) is 10.1. The minimum Gasteiger partial charge on any atom is -0.497 e. The smallest absolute Gasteiger partial charge is 0.167 e. The van der Waals surface area contributed by atoms with Crippen molar-refractivity contribution in [3.63, 3.8) is 0 Å². The molecule has 104 valence electrons. The Morgan fingerprint density at radius 2 is 2.05 bits per heavy atom. The zero-order valence-electron chi connectivity index (χ0n) is 11.6. The fourth-order valence-electron chi connectivity index (χ4n) is 1.92. The number of rotatable bonds is 3. The molecule has 3 aromatic rings. The molecular formula is C17H14N2OS. The number of H-pyrrole nitrogens is 1. The van der Waals surface area contributed by atoms with Crippen molar-refractivity contribution in [3.05, 3.63) is 54.1 Å². The van der Waals surface area contributed by atoms with Gasteiger partial charge in [-0.25, -0.2) is 4.98 Å². The van der Waals surface area contributed by atoms with E-state index in [4.69, 9.17) is 4.74 Å². The van der Waals surface area contributed by atoms with Gasteiger partial charge in [-0.05, 0) is 24.3 Å². The van der Waals surface area contributed by atoms with Crippen LogP contribution in [0.1, 0.15) is 5.56 Å². The zero-order valence-corrected chi connectivity index (χ0v) is 12.4. The zero-order chi connectivity index (χ0) is 14.5. The minimum atomic E-state index is 0.700. The van der Waals surface area contributed by atoms with Crippen LogP contribution in [0.15, 0.2) is 53.7 Å². The first-order chi connectivity index (χ1) is 10.3. The summed E-state index contributed by atoms with van der Waals surface area (Å²) in [5, 5.41) is 0.876. The Morgan fingerprint density at radius 1 is 1.19 bits per heavy atom. The highest BCUT2D eigenvalue weighted by Crippen LogP contribution is 2.22. The van der Waals surface area contributed by atoms with Gasteiger partial charge in [0.05, 0.1) is 23.9 Å². The van der Waals surface area contributed by atoms with Gasteiger partial charge in [0.25, 0.3) is 0 Å². The maximum Gasteiger partial charge on any atom is 0.167 e. The van der Waals surface area contributed by atoms with Crippen LogP contribution in [0.5, 0.6) is 5.75 Å². The highest BCUT2D eigenvalue weighted by molar-refractivity contribution is 7.99. The molecule has 0 saturated carbocycles. The van der Waals surface area contributed by atoms with Crippen molar-refractivity contribution in [1.82, 2.24) is 9.97 Å². The molecule has 0 amide bonds. The lowest BCUT2D eigenvalue weighted by Gasteiger charge is -1.96. The second-order valence-electron chi connectivity index (χ2n) is 4.38. The fraction of sp³-hybridized carbons (Fsp3) is 0.118. The third-order valence-electron chi connectivity index (χ3n) is 2.95. The van der Waals surface area contributed by atoms with Crippen LogP contribution in [0.4, 0.5) is 0 Å². The third-order valence-corrected chi connectivity index (χ3v) is 3.71. The SMILES string of the molecule is COc1ccc2nc(SCC#Cc3ccccc3)[nH]c2c1. The fourth-order valence-corrected chi connectivity index (χ4v) is 2.55. The van der Waals surface area contributed by atoms with Crippen molar-refractivity contribution >= 4 is 22.8 Å². The van der Waals surface area contributed by atoms with Gasteiger partial charge in [-0.3, -0.25) is 0 Å². The Balaban J connectivity index is 1.67. The third kappa shape index (κ3) is 3.39. The average Bonchev–Trinajstić information content (AvgIpc) is 2.94. The van der Waals surface area contributed by atoms with Crippen LogP contribution >= 0.6 is 11.8 Å². The van der Waals surface area contributed by atoms with E-state index in [-0.39, 0.29) is 0 Å². The molecule has 1 heterocycles. The Labute approximate surface area is 127 Å². The number of benzene rings is 2. The van der Waals surface area contributed by atoms with Crippen LogP contribution in [0.2, 0.25) is 0 Å². The van der Waals surface area contributed by atoms with Crippen molar-refractivity contribution in [2.24, 2.45) is 0 Å². The summed E-state index contributed by atoms with van der Waals surface area (Å²) in [6.07, 6.45) is 0. The monoisotopic (exact) mass is 294 g/mol. The van der Waals surface area contributed by atoms with Gasteiger partial charge in [-0.1, -0.05) is 41.8 Å². The highest BCUT2D eigenvalue weighted by Gasteiger charge is 2.03. The summed E-state index contributed by atoms with van der Waals surface area (Å²) in [5.41, 5.74) is 2.95. The lowest BCUT2D eigenvalue weighted by molar-refractivity contribution is 0.415. The summed E-state index contributed by atoms with van der Waals surface area (Å²) in [5.74, 6) is 7.81. The summed E-state index contributed by atoms with van der Waals surface area (Å²) in [6.45, 7) is 0. The van der Waals surface area contributed by atoms with Crippen molar-refractivity contribution in [3.8, 4) is 17.6 Å². The molecule has 0 aliphatic carbocycles. The maximum absolute atomic E-state index is 5.20. The molecule has 0 aliphatic rings. The lowest BCUT2D eigenvalue weighted by atomic mass is 10.2. The van der Waals surface area contributed by atoms with Gasteiger partial charge >= 0.3 is 0 Å². The molecule has 0 radical (unpaired) electrons. The summed E-state index contributed by atoms with van der Waals surface area (Å²) in [6, 6.07) is 15.8. The molecule has 21 heavy (non-hydrogen) atoms. The Kier molecular flexibility index (Phi) is 4.13. The molecule has 0 unspecified atom stereocenters. The van der Waals surface area contributed by atoms with E-state index in [1.807, 2.05) is 48.5 Å². The van der Waals surface area contributed by atoms with E-state index in [0.29, 0.717) is 5.75 Å². The number of nitrogens with one attached hydrogen (secondary N) is 1.